The van der Waals surface area contributed by atoms with Gasteiger partial charge in [0.15, 0.2) is 0 Å². The number of carbonyl (C=O) groups excluding carboxylic acids is 2. The first-order valence-corrected chi connectivity index (χ1v) is 6.86. The molecule has 0 radical (unpaired) electrons. The molecular formula is C15H18N2O4. The van der Waals surface area contributed by atoms with E-state index < -0.39 is 12.0 Å². The third-order valence-corrected chi connectivity index (χ3v) is 3.45. The second-order valence-electron chi connectivity index (χ2n) is 5.13. The molecule has 0 aliphatic carbocycles. The minimum atomic E-state index is -0.963. The number of hydrogen-bond acceptors (Lipinski definition) is 3. The molecule has 0 aromatic heterocycles. The molecule has 1 aromatic rings. The lowest BCUT2D eigenvalue weighted by molar-refractivity contribution is -0.136. The molecule has 1 aliphatic rings. The topological polar surface area (TPSA) is 86.7 Å². The van der Waals surface area contributed by atoms with E-state index in [-0.39, 0.29) is 24.8 Å². The Balaban J connectivity index is 2.18. The SMILES string of the molecule is Cc1ccc(N(CCC(=O)O)C(=O)[C@H]2CCC(=O)N2)cc1. The zero-order valence-corrected chi connectivity index (χ0v) is 11.8. The third kappa shape index (κ3) is 3.81. The molecule has 0 unspecified atom stereocenters. The first-order chi connectivity index (χ1) is 9.97. The van der Waals surface area contributed by atoms with E-state index in [9.17, 15) is 14.4 Å². The normalized spacial score (nSPS) is 17.4. The Morgan fingerprint density at radius 2 is 2.00 bits per heavy atom. The molecule has 112 valence electrons. The van der Waals surface area contributed by atoms with Crippen molar-refractivity contribution in [3.63, 3.8) is 0 Å². The van der Waals surface area contributed by atoms with Crippen LogP contribution in [0.15, 0.2) is 24.3 Å². The van der Waals surface area contributed by atoms with Gasteiger partial charge in [0.2, 0.25) is 11.8 Å². The summed E-state index contributed by atoms with van der Waals surface area (Å²) in [7, 11) is 0. The number of aliphatic carboxylic acids is 1. The average molecular weight is 290 g/mol. The Bertz CT molecular complexity index is 553. The van der Waals surface area contributed by atoms with Gasteiger partial charge in [0.1, 0.15) is 6.04 Å². The van der Waals surface area contributed by atoms with Gasteiger partial charge in [0.25, 0.3) is 0 Å². The number of benzene rings is 1. The second kappa shape index (κ2) is 6.39. The minimum Gasteiger partial charge on any atom is -0.481 e. The number of nitrogens with one attached hydrogen (secondary N) is 1. The number of hydrogen-bond donors (Lipinski definition) is 2. The zero-order valence-electron chi connectivity index (χ0n) is 11.8. The molecule has 2 amide bonds. The van der Waals surface area contributed by atoms with Crippen LogP contribution in [0.4, 0.5) is 5.69 Å². The van der Waals surface area contributed by atoms with E-state index in [0.717, 1.165) is 5.56 Å². The number of rotatable bonds is 5. The van der Waals surface area contributed by atoms with Crippen LogP contribution in [0, 0.1) is 6.92 Å². The summed E-state index contributed by atoms with van der Waals surface area (Å²) in [4.78, 5) is 36.0. The molecule has 1 atom stereocenters. The maximum absolute atomic E-state index is 12.5. The minimum absolute atomic E-state index is 0.0869. The van der Waals surface area contributed by atoms with E-state index in [1.807, 2.05) is 19.1 Å². The third-order valence-electron chi connectivity index (χ3n) is 3.45. The van der Waals surface area contributed by atoms with Gasteiger partial charge in [-0.15, -0.1) is 0 Å². The Labute approximate surface area is 122 Å². The predicted octanol–water partition coefficient (Wildman–Crippen LogP) is 1.08. The van der Waals surface area contributed by atoms with Crippen molar-refractivity contribution in [3.8, 4) is 0 Å². The van der Waals surface area contributed by atoms with Gasteiger partial charge in [-0.25, -0.2) is 0 Å². The quantitative estimate of drug-likeness (QED) is 0.849. The number of aryl methyl sites for hydroxylation is 1. The molecule has 6 heteroatoms. The van der Waals surface area contributed by atoms with Crippen molar-refractivity contribution in [1.29, 1.82) is 0 Å². The zero-order chi connectivity index (χ0) is 15.4. The molecule has 1 saturated heterocycles. The lowest BCUT2D eigenvalue weighted by atomic mass is 10.1. The van der Waals surface area contributed by atoms with Crippen LogP contribution in [0.25, 0.3) is 0 Å². The summed E-state index contributed by atoms with van der Waals surface area (Å²) in [6.07, 6.45) is 0.643. The molecule has 1 aromatic carbocycles. The van der Waals surface area contributed by atoms with Gasteiger partial charge >= 0.3 is 5.97 Å². The van der Waals surface area contributed by atoms with E-state index in [0.29, 0.717) is 18.5 Å². The van der Waals surface area contributed by atoms with Gasteiger partial charge in [-0.3, -0.25) is 14.4 Å². The van der Waals surface area contributed by atoms with Crippen molar-refractivity contribution in [1.82, 2.24) is 5.32 Å². The van der Waals surface area contributed by atoms with Crippen molar-refractivity contribution < 1.29 is 19.5 Å². The average Bonchev–Trinajstić information content (AvgIpc) is 2.87. The number of nitrogens with zero attached hydrogens (tertiary/aromatic N) is 1. The van der Waals surface area contributed by atoms with E-state index in [1.54, 1.807) is 12.1 Å². The monoisotopic (exact) mass is 290 g/mol. The Kier molecular flexibility index (Phi) is 4.57. The van der Waals surface area contributed by atoms with Crippen molar-refractivity contribution in [2.75, 3.05) is 11.4 Å². The van der Waals surface area contributed by atoms with Gasteiger partial charge in [0, 0.05) is 18.7 Å². The van der Waals surface area contributed by atoms with E-state index in [1.165, 1.54) is 4.90 Å². The van der Waals surface area contributed by atoms with Crippen molar-refractivity contribution in [3.05, 3.63) is 29.8 Å². The van der Waals surface area contributed by atoms with E-state index in [2.05, 4.69) is 5.32 Å². The van der Waals surface area contributed by atoms with E-state index in [4.69, 9.17) is 5.11 Å². The highest BCUT2D eigenvalue weighted by Crippen LogP contribution is 2.19. The fourth-order valence-electron chi connectivity index (χ4n) is 2.29. The van der Waals surface area contributed by atoms with Gasteiger partial charge in [-0.2, -0.15) is 0 Å². The highest BCUT2D eigenvalue weighted by molar-refractivity contribution is 6.01. The fraction of sp³-hybridized carbons (Fsp3) is 0.400. The summed E-state index contributed by atoms with van der Waals surface area (Å²) >= 11 is 0. The number of anilines is 1. The maximum atomic E-state index is 12.5. The van der Waals surface area contributed by atoms with Crippen LogP contribution in [-0.4, -0.2) is 35.5 Å². The van der Waals surface area contributed by atoms with Crippen LogP contribution in [-0.2, 0) is 14.4 Å². The van der Waals surface area contributed by atoms with Crippen LogP contribution < -0.4 is 10.2 Å². The Hall–Kier alpha value is -2.37. The van der Waals surface area contributed by atoms with Gasteiger partial charge < -0.3 is 15.3 Å². The van der Waals surface area contributed by atoms with Crippen molar-refractivity contribution in [2.24, 2.45) is 0 Å². The second-order valence-corrected chi connectivity index (χ2v) is 5.13. The molecule has 1 aliphatic heterocycles. The highest BCUT2D eigenvalue weighted by atomic mass is 16.4. The Morgan fingerprint density at radius 3 is 2.52 bits per heavy atom. The van der Waals surface area contributed by atoms with Crippen LogP contribution in [0.3, 0.4) is 0 Å². The summed E-state index contributed by atoms with van der Waals surface area (Å²) in [5, 5.41) is 11.5. The summed E-state index contributed by atoms with van der Waals surface area (Å²) in [6.45, 7) is 2.02. The lowest BCUT2D eigenvalue weighted by Crippen LogP contribution is -2.45. The van der Waals surface area contributed by atoms with Crippen molar-refractivity contribution >= 4 is 23.5 Å². The highest BCUT2D eigenvalue weighted by Gasteiger charge is 2.31. The molecule has 0 spiro atoms. The molecule has 0 saturated carbocycles. The predicted molar refractivity (Wildman–Crippen MR) is 76.9 cm³/mol. The molecule has 2 N–H and O–H groups in total. The van der Waals surface area contributed by atoms with Crippen LogP contribution in [0.5, 0.6) is 0 Å². The molecule has 1 fully saturated rings. The van der Waals surface area contributed by atoms with Gasteiger partial charge in [0.05, 0.1) is 6.42 Å². The lowest BCUT2D eigenvalue weighted by Gasteiger charge is -2.25. The van der Waals surface area contributed by atoms with Gasteiger partial charge in [-0.05, 0) is 25.5 Å². The fourth-order valence-corrected chi connectivity index (χ4v) is 2.29. The smallest absolute Gasteiger partial charge is 0.305 e. The number of amides is 2. The van der Waals surface area contributed by atoms with Crippen LogP contribution >= 0.6 is 0 Å². The molecule has 6 nitrogen and oxygen atoms in total. The first kappa shape index (κ1) is 15.0. The van der Waals surface area contributed by atoms with Crippen LogP contribution in [0.1, 0.15) is 24.8 Å². The van der Waals surface area contributed by atoms with E-state index >= 15 is 0 Å². The maximum Gasteiger partial charge on any atom is 0.305 e. The molecule has 2 rings (SSSR count). The Morgan fingerprint density at radius 1 is 1.33 bits per heavy atom. The number of carbonyl (C=O) groups is 3. The molecule has 21 heavy (non-hydrogen) atoms. The summed E-state index contributed by atoms with van der Waals surface area (Å²) < 4.78 is 0. The first-order valence-electron chi connectivity index (χ1n) is 6.86. The summed E-state index contributed by atoms with van der Waals surface area (Å²) in [5.74, 6) is -1.36. The molecule has 0 bridgehead atoms. The van der Waals surface area contributed by atoms with Crippen molar-refractivity contribution in [2.45, 2.75) is 32.2 Å². The molecular weight excluding hydrogens is 272 g/mol. The number of carboxylic acids is 1. The standard InChI is InChI=1S/C15H18N2O4/c1-10-2-4-11(5-3-10)17(9-8-14(19)20)15(21)12-6-7-13(18)16-12/h2-5,12H,6-9H2,1H3,(H,16,18)(H,19,20)/t12-/m1/s1. The summed E-state index contributed by atoms with van der Waals surface area (Å²) in [6, 6.07) is 6.73. The summed E-state index contributed by atoms with van der Waals surface area (Å²) in [5.41, 5.74) is 1.70. The van der Waals surface area contributed by atoms with Crippen LogP contribution in [0.2, 0.25) is 0 Å². The van der Waals surface area contributed by atoms with Gasteiger partial charge in [-0.1, -0.05) is 17.7 Å². The number of carboxylic acid groups (broad SMARTS) is 1. The molecule has 1 heterocycles. The largest absolute Gasteiger partial charge is 0.481 e.